The van der Waals surface area contributed by atoms with Crippen LogP contribution in [-0.4, -0.2) is 37.0 Å². The van der Waals surface area contributed by atoms with Crippen molar-refractivity contribution in [3.63, 3.8) is 0 Å². The molecule has 0 atom stereocenters. The molecule has 0 unspecified atom stereocenters. The minimum atomic E-state index is -0.273. The van der Waals surface area contributed by atoms with Gasteiger partial charge in [0.2, 0.25) is 5.91 Å². The normalized spacial score (nSPS) is 11.1. The van der Waals surface area contributed by atoms with Crippen LogP contribution in [0.1, 0.15) is 32.3 Å². The van der Waals surface area contributed by atoms with Crippen molar-refractivity contribution in [1.82, 2.24) is 4.90 Å². The first-order valence-corrected chi connectivity index (χ1v) is 7.28. The Kier molecular flexibility index (Phi) is 7.15. The molecule has 0 aliphatic carbocycles. The minimum absolute atomic E-state index is 0.254. The molecule has 21 heavy (non-hydrogen) atoms. The molecule has 1 aromatic carbocycles. The molecular formula is C16H25FN2O2. The SMILES string of the molecule is COc1ccc(F)cc1CCN(CCCC(N)=O)C(C)C. The number of ether oxygens (including phenoxy) is 1. The van der Waals surface area contributed by atoms with Gasteiger partial charge in [0.1, 0.15) is 11.6 Å². The Bertz CT molecular complexity index is 464. The Balaban J connectivity index is 2.60. The number of benzene rings is 1. The van der Waals surface area contributed by atoms with Crippen LogP contribution in [0, 0.1) is 5.82 Å². The van der Waals surface area contributed by atoms with Gasteiger partial charge in [0.25, 0.3) is 0 Å². The van der Waals surface area contributed by atoms with Gasteiger partial charge in [0, 0.05) is 19.0 Å². The summed E-state index contributed by atoms with van der Waals surface area (Å²) in [5, 5.41) is 0. The van der Waals surface area contributed by atoms with Crippen molar-refractivity contribution in [3.05, 3.63) is 29.6 Å². The number of nitrogens with zero attached hydrogens (tertiary/aromatic N) is 1. The first-order valence-electron chi connectivity index (χ1n) is 7.28. The molecule has 0 bridgehead atoms. The van der Waals surface area contributed by atoms with Crippen molar-refractivity contribution in [2.45, 2.75) is 39.2 Å². The van der Waals surface area contributed by atoms with Crippen molar-refractivity contribution < 1.29 is 13.9 Å². The highest BCUT2D eigenvalue weighted by molar-refractivity contribution is 5.73. The van der Waals surface area contributed by atoms with Crippen LogP contribution in [0.3, 0.4) is 0 Å². The molecule has 0 radical (unpaired) electrons. The Labute approximate surface area is 126 Å². The fourth-order valence-electron chi connectivity index (χ4n) is 2.29. The number of carbonyl (C=O) groups is 1. The number of methoxy groups -OCH3 is 1. The van der Waals surface area contributed by atoms with Crippen LogP contribution in [-0.2, 0) is 11.2 Å². The monoisotopic (exact) mass is 296 g/mol. The second kappa shape index (κ2) is 8.62. The Morgan fingerprint density at radius 3 is 2.67 bits per heavy atom. The van der Waals surface area contributed by atoms with Crippen molar-refractivity contribution >= 4 is 5.91 Å². The van der Waals surface area contributed by atoms with E-state index in [-0.39, 0.29) is 11.7 Å². The Morgan fingerprint density at radius 2 is 2.10 bits per heavy atom. The quantitative estimate of drug-likeness (QED) is 0.761. The maximum absolute atomic E-state index is 13.3. The number of rotatable bonds is 9. The van der Waals surface area contributed by atoms with Crippen LogP contribution >= 0.6 is 0 Å². The summed E-state index contributed by atoms with van der Waals surface area (Å²) in [7, 11) is 1.59. The maximum Gasteiger partial charge on any atom is 0.217 e. The lowest BCUT2D eigenvalue weighted by Crippen LogP contribution is -2.34. The predicted octanol–water partition coefficient (Wildman–Crippen LogP) is 2.35. The Hall–Kier alpha value is -1.62. The van der Waals surface area contributed by atoms with Gasteiger partial charge >= 0.3 is 0 Å². The summed E-state index contributed by atoms with van der Waals surface area (Å²) in [4.78, 5) is 13.1. The van der Waals surface area contributed by atoms with Crippen LogP contribution in [0.4, 0.5) is 4.39 Å². The number of nitrogens with two attached hydrogens (primary N) is 1. The van der Waals surface area contributed by atoms with E-state index in [4.69, 9.17) is 10.5 Å². The van der Waals surface area contributed by atoms with Gasteiger partial charge in [-0.3, -0.25) is 4.79 Å². The summed E-state index contributed by atoms with van der Waals surface area (Å²) in [5.74, 6) is 0.179. The van der Waals surface area contributed by atoms with Crippen LogP contribution in [0.15, 0.2) is 18.2 Å². The molecule has 0 aromatic heterocycles. The maximum atomic E-state index is 13.3. The summed E-state index contributed by atoms with van der Waals surface area (Å²) in [6.07, 6.45) is 1.84. The lowest BCUT2D eigenvalue weighted by molar-refractivity contribution is -0.118. The van der Waals surface area contributed by atoms with Crippen LogP contribution in [0.2, 0.25) is 0 Å². The summed E-state index contributed by atoms with van der Waals surface area (Å²) in [5.41, 5.74) is 6.02. The highest BCUT2D eigenvalue weighted by atomic mass is 19.1. The van der Waals surface area contributed by atoms with Crippen LogP contribution < -0.4 is 10.5 Å². The van der Waals surface area contributed by atoms with Crippen molar-refractivity contribution in [2.24, 2.45) is 5.73 Å². The van der Waals surface area contributed by atoms with Crippen molar-refractivity contribution in [1.29, 1.82) is 0 Å². The van der Waals surface area contributed by atoms with E-state index in [1.165, 1.54) is 12.1 Å². The molecule has 4 nitrogen and oxygen atoms in total. The highest BCUT2D eigenvalue weighted by Crippen LogP contribution is 2.20. The van der Waals surface area contributed by atoms with E-state index >= 15 is 0 Å². The number of carbonyl (C=O) groups excluding carboxylic acids is 1. The van der Waals surface area contributed by atoms with Gasteiger partial charge in [0.15, 0.2) is 0 Å². The van der Waals surface area contributed by atoms with Gasteiger partial charge in [-0.25, -0.2) is 4.39 Å². The molecule has 0 aliphatic heterocycles. The zero-order valence-electron chi connectivity index (χ0n) is 13.1. The molecule has 0 saturated heterocycles. The average Bonchev–Trinajstić information content (AvgIpc) is 2.42. The molecule has 1 amide bonds. The first-order chi connectivity index (χ1) is 9.93. The molecule has 2 N–H and O–H groups in total. The van der Waals surface area contributed by atoms with E-state index in [2.05, 4.69) is 18.7 Å². The second-order valence-electron chi connectivity index (χ2n) is 5.41. The fraction of sp³-hybridized carbons (Fsp3) is 0.562. The number of hydrogen-bond acceptors (Lipinski definition) is 3. The van der Waals surface area contributed by atoms with Crippen molar-refractivity contribution in [3.8, 4) is 5.75 Å². The number of halogens is 1. The van der Waals surface area contributed by atoms with Gasteiger partial charge in [-0.15, -0.1) is 0 Å². The lowest BCUT2D eigenvalue weighted by atomic mass is 10.1. The van der Waals surface area contributed by atoms with E-state index in [1.54, 1.807) is 13.2 Å². The molecule has 5 heteroatoms. The van der Waals surface area contributed by atoms with E-state index in [0.717, 1.165) is 25.1 Å². The number of amides is 1. The summed E-state index contributed by atoms with van der Waals surface area (Å²) in [6.45, 7) is 5.80. The highest BCUT2D eigenvalue weighted by Gasteiger charge is 2.12. The average molecular weight is 296 g/mol. The zero-order valence-corrected chi connectivity index (χ0v) is 13.1. The van der Waals surface area contributed by atoms with Gasteiger partial charge < -0.3 is 15.4 Å². The van der Waals surface area contributed by atoms with Gasteiger partial charge in [-0.2, -0.15) is 0 Å². The standard InChI is InChI=1S/C16H25FN2O2/c1-12(2)19(9-4-5-16(18)20)10-8-13-11-14(17)6-7-15(13)21-3/h6-7,11-12H,4-5,8-10H2,1-3H3,(H2,18,20). The van der Waals surface area contributed by atoms with Gasteiger partial charge in [-0.05, 0) is 57.0 Å². The molecule has 0 aliphatic rings. The van der Waals surface area contributed by atoms with E-state index < -0.39 is 0 Å². The van der Waals surface area contributed by atoms with E-state index in [0.29, 0.717) is 24.6 Å². The minimum Gasteiger partial charge on any atom is -0.496 e. The topological polar surface area (TPSA) is 55.6 Å². The van der Waals surface area contributed by atoms with Crippen LogP contribution in [0.25, 0.3) is 0 Å². The smallest absolute Gasteiger partial charge is 0.217 e. The Morgan fingerprint density at radius 1 is 1.38 bits per heavy atom. The third-order valence-electron chi connectivity index (χ3n) is 3.51. The third-order valence-corrected chi connectivity index (χ3v) is 3.51. The number of primary amides is 1. The van der Waals surface area contributed by atoms with Gasteiger partial charge in [-0.1, -0.05) is 0 Å². The molecule has 0 saturated carbocycles. The molecule has 0 spiro atoms. The lowest BCUT2D eigenvalue weighted by Gasteiger charge is -2.26. The van der Waals surface area contributed by atoms with Crippen molar-refractivity contribution in [2.75, 3.05) is 20.2 Å². The molecule has 1 aromatic rings. The molecule has 118 valence electrons. The number of hydrogen-bond donors (Lipinski definition) is 1. The molecule has 1 rings (SSSR count). The summed E-state index contributed by atoms with van der Waals surface area (Å²) < 4.78 is 18.6. The van der Waals surface area contributed by atoms with E-state index in [1.807, 2.05) is 0 Å². The fourth-order valence-corrected chi connectivity index (χ4v) is 2.29. The zero-order chi connectivity index (χ0) is 15.8. The predicted molar refractivity (Wildman–Crippen MR) is 81.8 cm³/mol. The summed E-state index contributed by atoms with van der Waals surface area (Å²) in [6, 6.07) is 4.92. The summed E-state index contributed by atoms with van der Waals surface area (Å²) >= 11 is 0. The molecular weight excluding hydrogens is 271 g/mol. The largest absolute Gasteiger partial charge is 0.496 e. The first kappa shape index (κ1) is 17.4. The molecule has 0 heterocycles. The molecule has 0 fully saturated rings. The second-order valence-corrected chi connectivity index (χ2v) is 5.41. The third kappa shape index (κ3) is 6.12. The van der Waals surface area contributed by atoms with Crippen LogP contribution in [0.5, 0.6) is 5.75 Å². The van der Waals surface area contributed by atoms with Gasteiger partial charge in [0.05, 0.1) is 7.11 Å². The van der Waals surface area contributed by atoms with E-state index in [9.17, 15) is 9.18 Å².